The zero-order valence-electron chi connectivity index (χ0n) is 12.6. The van der Waals surface area contributed by atoms with Crippen molar-refractivity contribution in [2.24, 2.45) is 5.41 Å². The van der Waals surface area contributed by atoms with Gasteiger partial charge in [0.25, 0.3) is 0 Å². The van der Waals surface area contributed by atoms with Gasteiger partial charge in [-0.25, -0.2) is 8.42 Å². The first-order valence-electron chi connectivity index (χ1n) is 7.36. The van der Waals surface area contributed by atoms with Crippen molar-refractivity contribution >= 4 is 9.84 Å². The zero-order chi connectivity index (χ0) is 15.7. The maximum Gasteiger partial charge on any atom is 0.186 e. The van der Waals surface area contributed by atoms with Crippen molar-refractivity contribution < 1.29 is 18.6 Å². The summed E-state index contributed by atoms with van der Waals surface area (Å²) in [6.45, 7) is 3.16. The molecular formula is C16H24O4S. The molecule has 1 atom stereocenters. The van der Waals surface area contributed by atoms with Crippen LogP contribution >= 0.6 is 0 Å². The predicted molar refractivity (Wildman–Crippen MR) is 81.7 cm³/mol. The van der Waals surface area contributed by atoms with Crippen LogP contribution in [0, 0.1) is 5.41 Å². The Morgan fingerprint density at radius 2 is 1.71 bits per heavy atom. The first kappa shape index (κ1) is 16.5. The highest BCUT2D eigenvalue weighted by molar-refractivity contribution is 7.93. The lowest BCUT2D eigenvalue weighted by molar-refractivity contribution is -0.0187. The number of aliphatic hydroxyl groups is 2. The van der Waals surface area contributed by atoms with Gasteiger partial charge in [0.05, 0.1) is 17.6 Å². The van der Waals surface area contributed by atoms with Crippen molar-refractivity contribution in [2.45, 2.75) is 55.3 Å². The molecule has 0 aromatic heterocycles. The van der Waals surface area contributed by atoms with Crippen LogP contribution in [-0.2, 0) is 9.84 Å². The summed E-state index contributed by atoms with van der Waals surface area (Å²) in [5, 5.41) is 20.3. The van der Waals surface area contributed by atoms with Gasteiger partial charge in [-0.3, -0.25) is 0 Å². The number of benzene rings is 1. The van der Waals surface area contributed by atoms with E-state index in [0.29, 0.717) is 12.8 Å². The minimum absolute atomic E-state index is 0.250. The molecule has 21 heavy (non-hydrogen) atoms. The third-order valence-electron chi connectivity index (χ3n) is 4.68. The molecule has 0 spiro atoms. The van der Waals surface area contributed by atoms with Gasteiger partial charge in [0, 0.05) is 5.41 Å². The van der Waals surface area contributed by atoms with E-state index >= 15 is 0 Å². The van der Waals surface area contributed by atoms with Crippen LogP contribution in [0.15, 0.2) is 35.2 Å². The fraction of sp³-hybridized carbons (Fsp3) is 0.625. The van der Waals surface area contributed by atoms with Gasteiger partial charge in [0.2, 0.25) is 0 Å². The molecule has 0 amide bonds. The second kappa shape index (κ2) is 5.71. The van der Waals surface area contributed by atoms with Crippen LogP contribution in [0.2, 0.25) is 0 Å². The summed E-state index contributed by atoms with van der Waals surface area (Å²) in [5.41, 5.74) is -0.855. The highest BCUT2D eigenvalue weighted by Gasteiger charge is 2.56. The lowest BCUT2D eigenvalue weighted by Gasteiger charge is -2.41. The van der Waals surface area contributed by atoms with E-state index in [1.54, 1.807) is 44.2 Å². The summed E-state index contributed by atoms with van der Waals surface area (Å²) >= 11 is 0. The van der Waals surface area contributed by atoms with Crippen molar-refractivity contribution in [3.63, 3.8) is 0 Å². The van der Waals surface area contributed by atoms with Crippen molar-refractivity contribution in [1.82, 2.24) is 0 Å². The normalized spacial score (nSPS) is 20.4. The van der Waals surface area contributed by atoms with Crippen molar-refractivity contribution in [3.8, 4) is 0 Å². The van der Waals surface area contributed by atoms with E-state index in [9.17, 15) is 18.6 Å². The standard InChI is InChI=1S/C16H24O4S/c1-15(2,12-17)14(18)16(10-6-7-11-16)21(19,20)13-8-4-3-5-9-13/h3-5,8-9,14,17-18H,6-7,10-12H2,1-2H3. The molecule has 1 aromatic rings. The number of rotatable bonds is 5. The van der Waals surface area contributed by atoms with E-state index in [-0.39, 0.29) is 11.5 Å². The summed E-state index contributed by atoms with van der Waals surface area (Å²) in [5.74, 6) is 0. The van der Waals surface area contributed by atoms with Gasteiger partial charge < -0.3 is 10.2 Å². The Labute approximate surface area is 126 Å². The molecule has 1 aliphatic rings. The van der Waals surface area contributed by atoms with Gasteiger partial charge in [0.15, 0.2) is 9.84 Å². The smallest absolute Gasteiger partial charge is 0.186 e. The average Bonchev–Trinajstić information content (AvgIpc) is 2.98. The zero-order valence-corrected chi connectivity index (χ0v) is 13.4. The topological polar surface area (TPSA) is 74.6 Å². The monoisotopic (exact) mass is 312 g/mol. The highest BCUT2D eigenvalue weighted by atomic mass is 32.2. The van der Waals surface area contributed by atoms with Gasteiger partial charge in [-0.2, -0.15) is 0 Å². The summed E-state index contributed by atoms with van der Waals surface area (Å²) in [7, 11) is -3.65. The third-order valence-corrected chi connectivity index (χ3v) is 7.28. The van der Waals surface area contributed by atoms with Crippen LogP contribution in [0.5, 0.6) is 0 Å². The van der Waals surface area contributed by atoms with Crippen LogP contribution < -0.4 is 0 Å². The van der Waals surface area contributed by atoms with Crippen LogP contribution in [0.4, 0.5) is 0 Å². The SMILES string of the molecule is CC(C)(CO)C(O)C1(S(=O)(=O)c2ccccc2)CCCC1. The first-order chi connectivity index (χ1) is 9.78. The van der Waals surface area contributed by atoms with Gasteiger partial charge in [0.1, 0.15) is 4.75 Å². The van der Waals surface area contributed by atoms with Gasteiger partial charge in [-0.15, -0.1) is 0 Å². The number of hydrogen-bond acceptors (Lipinski definition) is 4. The van der Waals surface area contributed by atoms with E-state index < -0.39 is 26.1 Å². The fourth-order valence-corrected chi connectivity index (χ4v) is 5.72. The second-order valence-corrected chi connectivity index (χ2v) is 8.93. The van der Waals surface area contributed by atoms with E-state index in [1.807, 2.05) is 0 Å². The Morgan fingerprint density at radius 3 is 2.19 bits per heavy atom. The quantitative estimate of drug-likeness (QED) is 0.873. The molecule has 1 fully saturated rings. The summed E-state index contributed by atoms with van der Waals surface area (Å²) < 4.78 is 25.0. The Balaban J connectivity index is 2.54. The molecule has 2 N–H and O–H groups in total. The van der Waals surface area contributed by atoms with E-state index in [2.05, 4.69) is 0 Å². The summed E-state index contributed by atoms with van der Waals surface area (Å²) in [6, 6.07) is 8.31. The molecule has 1 aromatic carbocycles. The van der Waals surface area contributed by atoms with E-state index in [4.69, 9.17) is 0 Å². The summed E-state index contributed by atoms with van der Waals surface area (Å²) in [6.07, 6.45) is 1.35. The molecule has 1 unspecified atom stereocenters. The number of aliphatic hydroxyl groups excluding tert-OH is 2. The maximum atomic E-state index is 13.1. The van der Waals surface area contributed by atoms with Crippen LogP contribution in [0.3, 0.4) is 0 Å². The van der Waals surface area contributed by atoms with Crippen molar-refractivity contribution in [3.05, 3.63) is 30.3 Å². The molecule has 1 aliphatic carbocycles. The molecule has 0 radical (unpaired) electrons. The molecule has 2 rings (SSSR count). The minimum atomic E-state index is -3.65. The molecule has 1 saturated carbocycles. The molecule has 0 bridgehead atoms. The fourth-order valence-electron chi connectivity index (χ4n) is 3.30. The minimum Gasteiger partial charge on any atom is -0.396 e. The van der Waals surface area contributed by atoms with E-state index in [0.717, 1.165) is 12.8 Å². The lowest BCUT2D eigenvalue weighted by atomic mass is 9.79. The summed E-state index contributed by atoms with van der Waals surface area (Å²) in [4.78, 5) is 0.250. The molecule has 0 saturated heterocycles. The van der Waals surface area contributed by atoms with Gasteiger partial charge in [-0.05, 0) is 25.0 Å². The molecule has 4 nitrogen and oxygen atoms in total. The first-order valence-corrected chi connectivity index (χ1v) is 8.85. The predicted octanol–water partition coefficient (Wildman–Crippen LogP) is 2.15. The molecule has 5 heteroatoms. The Bertz CT molecular complexity index is 572. The Morgan fingerprint density at radius 1 is 1.19 bits per heavy atom. The highest BCUT2D eigenvalue weighted by Crippen LogP contribution is 2.47. The number of hydrogen-bond donors (Lipinski definition) is 2. The van der Waals surface area contributed by atoms with Crippen molar-refractivity contribution in [2.75, 3.05) is 6.61 Å². The average molecular weight is 312 g/mol. The van der Waals surface area contributed by atoms with Crippen molar-refractivity contribution in [1.29, 1.82) is 0 Å². The molecule has 0 heterocycles. The largest absolute Gasteiger partial charge is 0.396 e. The van der Waals surface area contributed by atoms with Crippen LogP contribution in [0.25, 0.3) is 0 Å². The molecular weight excluding hydrogens is 288 g/mol. The Kier molecular flexibility index (Phi) is 4.47. The third kappa shape index (κ3) is 2.62. The number of sulfone groups is 1. The van der Waals surface area contributed by atoms with Crippen LogP contribution in [0.1, 0.15) is 39.5 Å². The van der Waals surface area contributed by atoms with E-state index in [1.165, 1.54) is 0 Å². The van der Waals surface area contributed by atoms with Gasteiger partial charge >= 0.3 is 0 Å². The lowest BCUT2D eigenvalue weighted by Crippen LogP contribution is -2.54. The maximum absolute atomic E-state index is 13.1. The molecule has 0 aliphatic heterocycles. The van der Waals surface area contributed by atoms with Gasteiger partial charge in [-0.1, -0.05) is 44.9 Å². The second-order valence-electron chi connectivity index (χ2n) is 6.64. The molecule has 118 valence electrons. The Hall–Kier alpha value is -0.910. The van der Waals surface area contributed by atoms with Crippen LogP contribution in [-0.4, -0.2) is 36.1 Å².